The molecule has 13 heavy (non-hydrogen) atoms. The zero-order chi connectivity index (χ0) is 10.3. The normalized spacial score (nSPS) is 13.4. The maximum Gasteiger partial charge on any atom is 0.455 e. The third kappa shape index (κ3) is 2.19. The van der Waals surface area contributed by atoms with Crippen LogP contribution in [0.3, 0.4) is 0 Å². The fourth-order valence-electron chi connectivity index (χ4n) is 0.643. The highest BCUT2D eigenvalue weighted by atomic mass is 19.4. The smallest absolute Gasteiger partial charge is 0.338 e. The maximum atomic E-state index is 12.0. The van der Waals surface area contributed by atoms with Gasteiger partial charge in [0.2, 0.25) is 5.89 Å². The molecule has 74 valence electrons. The van der Waals surface area contributed by atoms with Crippen LogP contribution in [0.5, 0.6) is 0 Å². The predicted octanol–water partition coefficient (Wildman–Crippen LogP) is 2.39. The first-order chi connectivity index (χ1) is 5.71. The molecule has 0 unspecified atom stereocenters. The average Bonchev–Trinajstić information content (AvgIpc) is 2.28. The number of halogens is 3. The molecule has 3 nitrogen and oxygen atoms in total. The van der Waals surface area contributed by atoms with Crippen molar-refractivity contribution in [1.82, 2.24) is 10.1 Å². The second-order valence-electron chi connectivity index (χ2n) is 3.67. The Labute approximate surface area is 72.9 Å². The van der Waals surface area contributed by atoms with Gasteiger partial charge in [0.1, 0.15) is 0 Å². The van der Waals surface area contributed by atoms with Crippen LogP contribution in [0, 0.1) is 0 Å². The Bertz CT molecular complexity index is 269. The van der Waals surface area contributed by atoms with Gasteiger partial charge in [0.05, 0.1) is 0 Å². The van der Waals surface area contributed by atoms with Crippen LogP contribution in [-0.2, 0) is 11.6 Å². The maximum absolute atomic E-state index is 12.0. The van der Waals surface area contributed by atoms with Crippen molar-refractivity contribution in [1.29, 1.82) is 0 Å². The van der Waals surface area contributed by atoms with Crippen LogP contribution < -0.4 is 0 Å². The molecule has 0 fully saturated rings. The standard InChI is InChI=1S/C7H9F3N2O/c1-6(2,3)5-11-4(12-13-5)7(8,9)10/h1-3H3. The summed E-state index contributed by atoms with van der Waals surface area (Å²) in [5.74, 6) is -1.24. The summed E-state index contributed by atoms with van der Waals surface area (Å²) in [6.45, 7) is 5.09. The molecule has 1 aromatic rings. The van der Waals surface area contributed by atoms with Gasteiger partial charge in [-0.1, -0.05) is 25.9 Å². The lowest BCUT2D eigenvalue weighted by atomic mass is 9.97. The Kier molecular flexibility index (Phi) is 2.09. The molecule has 1 rings (SSSR count). The first-order valence-electron chi connectivity index (χ1n) is 3.62. The number of aromatic nitrogens is 2. The second kappa shape index (κ2) is 2.71. The summed E-state index contributed by atoms with van der Waals surface area (Å²) >= 11 is 0. The average molecular weight is 194 g/mol. The van der Waals surface area contributed by atoms with Crippen molar-refractivity contribution in [2.45, 2.75) is 32.4 Å². The first kappa shape index (κ1) is 10.0. The molecule has 0 N–H and O–H groups in total. The van der Waals surface area contributed by atoms with E-state index in [2.05, 4.69) is 14.7 Å². The predicted molar refractivity (Wildman–Crippen MR) is 38.0 cm³/mol. The summed E-state index contributed by atoms with van der Waals surface area (Å²) in [7, 11) is 0. The molecule has 0 aliphatic carbocycles. The van der Waals surface area contributed by atoms with Crippen LogP contribution in [0.25, 0.3) is 0 Å². The first-order valence-corrected chi connectivity index (χ1v) is 3.62. The molecule has 0 saturated carbocycles. The van der Waals surface area contributed by atoms with E-state index < -0.39 is 17.4 Å². The third-order valence-corrected chi connectivity index (χ3v) is 1.32. The largest absolute Gasteiger partial charge is 0.455 e. The van der Waals surface area contributed by atoms with Gasteiger partial charge in [-0.05, 0) is 0 Å². The zero-order valence-electron chi connectivity index (χ0n) is 7.44. The van der Waals surface area contributed by atoms with Crippen LogP contribution in [0.1, 0.15) is 32.5 Å². The second-order valence-corrected chi connectivity index (χ2v) is 3.67. The molecule has 0 spiro atoms. The molecular weight excluding hydrogens is 185 g/mol. The van der Waals surface area contributed by atoms with Gasteiger partial charge in [0.15, 0.2) is 0 Å². The van der Waals surface area contributed by atoms with Crippen molar-refractivity contribution in [2.24, 2.45) is 0 Å². The Hall–Kier alpha value is -1.07. The van der Waals surface area contributed by atoms with Crippen molar-refractivity contribution >= 4 is 0 Å². The van der Waals surface area contributed by atoms with E-state index in [4.69, 9.17) is 0 Å². The van der Waals surface area contributed by atoms with Crippen LogP contribution in [0.4, 0.5) is 13.2 Å². The number of hydrogen-bond donors (Lipinski definition) is 0. The molecule has 0 aliphatic heterocycles. The summed E-state index contributed by atoms with van der Waals surface area (Å²) < 4.78 is 40.5. The van der Waals surface area contributed by atoms with Gasteiger partial charge in [0.25, 0.3) is 5.82 Å². The van der Waals surface area contributed by atoms with Crippen molar-refractivity contribution in [3.05, 3.63) is 11.7 Å². The number of nitrogens with zero attached hydrogens (tertiary/aromatic N) is 2. The van der Waals surface area contributed by atoms with E-state index in [9.17, 15) is 13.2 Å². The molecule has 0 bridgehead atoms. The number of alkyl halides is 3. The molecule has 0 aliphatic rings. The minimum atomic E-state index is -4.53. The lowest BCUT2D eigenvalue weighted by Crippen LogP contribution is -2.13. The highest BCUT2D eigenvalue weighted by Crippen LogP contribution is 2.29. The minimum Gasteiger partial charge on any atom is -0.338 e. The summed E-state index contributed by atoms with van der Waals surface area (Å²) in [6.07, 6.45) is -4.53. The van der Waals surface area contributed by atoms with E-state index in [0.29, 0.717) is 0 Å². The molecule has 0 amide bonds. The van der Waals surface area contributed by atoms with Gasteiger partial charge in [0, 0.05) is 5.41 Å². The molecule has 6 heteroatoms. The van der Waals surface area contributed by atoms with Crippen LogP contribution >= 0.6 is 0 Å². The van der Waals surface area contributed by atoms with Crippen molar-refractivity contribution in [2.75, 3.05) is 0 Å². The van der Waals surface area contributed by atoms with Gasteiger partial charge < -0.3 is 4.52 Å². The van der Waals surface area contributed by atoms with E-state index in [1.165, 1.54) is 0 Å². The quantitative estimate of drug-likeness (QED) is 0.636. The minimum absolute atomic E-state index is 0.0141. The Morgan fingerprint density at radius 3 is 1.92 bits per heavy atom. The molecule has 0 aromatic carbocycles. The van der Waals surface area contributed by atoms with E-state index >= 15 is 0 Å². The van der Waals surface area contributed by atoms with Gasteiger partial charge >= 0.3 is 6.18 Å². The highest BCUT2D eigenvalue weighted by Gasteiger charge is 2.38. The fraction of sp³-hybridized carbons (Fsp3) is 0.714. The monoisotopic (exact) mass is 194 g/mol. The number of hydrogen-bond acceptors (Lipinski definition) is 3. The molecule has 1 heterocycles. The summed E-state index contributed by atoms with van der Waals surface area (Å²) in [6, 6.07) is 0. The van der Waals surface area contributed by atoms with Gasteiger partial charge in [-0.2, -0.15) is 18.2 Å². The van der Waals surface area contributed by atoms with E-state index in [0.717, 1.165) is 0 Å². The third-order valence-electron chi connectivity index (χ3n) is 1.32. The lowest BCUT2D eigenvalue weighted by molar-refractivity contribution is -0.146. The molecule has 0 radical (unpaired) electrons. The molecule has 1 aromatic heterocycles. The topological polar surface area (TPSA) is 38.9 Å². The Balaban J connectivity index is 3.01. The van der Waals surface area contributed by atoms with Crippen molar-refractivity contribution < 1.29 is 17.7 Å². The van der Waals surface area contributed by atoms with E-state index in [-0.39, 0.29) is 5.89 Å². The van der Waals surface area contributed by atoms with Crippen molar-refractivity contribution in [3.8, 4) is 0 Å². The molecular formula is C7H9F3N2O. The van der Waals surface area contributed by atoms with Crippen LogP contribution in [0.15, 0.2) is 4.52 Å². The number of rotatable bonds is 0. The van der Waals surface area contributed by atoms with Gasteiger partial charge in [-0.15, -0.1) is 0 Å². The summed E-state index contributed by atoms with van der Waals surface area (Å²) in [5.41, 5.74) is -0.559. The van der Waals surface area contributed by atoms with Gasteiger partial charge in [-0.25, -0.2) is 0 Å². The summed E-state index contributed by atoms with van der Waals surface area (Å²) in [5, 5.41) is 2.84. The zero-order valence-corrected chi connectivity index (χ0v) is 7.44. The molecule has 0 saturated heterocycles. The summed E-state index contributed by atoms with van der Waals surface area (Å²) in [4.78, 5) is 3.25. The lowest BCUT2D eigenvalue weighted by Gasteiger charge is -2.10. The van der Waals surface area contributed by atoms with Gasteiger partial charge in [-0.3, -0.25) is 0 Å². The Morgan fingerprint density at radius 1 is 1.15 bits per heavy atom. The van der Waals surface area contributed by atoms with Crippen LogP contribution in [0.2, 0.25) is 0 Å². The van der Waals surface area contributed by atoms with Crippen molar-refractivity contribution in [3.63, 3.8) is 0 Å². The van der Waals surface area contributed by atoms with E-state index in [1.54, 1.807) is 20.8 Å². The SMILES string of the molecule is CC(C)(C)c1nc(C(F)(F)F)no1. The molecule has 0 atom stereocenters. The van der Waals surface area contributed by atoms with Crippen LogP contribution in [-0.4, -0.2) is 10.1 Å². The fourth-order valence-corrected chi connectivity index (χ4v) is 0.643. The van der Waals surface area contributed by atoms with E-state index in [1.807, 2.05) is 0 Å². The Morgan fingerprint density at radius 2 is 1.69 bits per heavy atom. The highest BCUT2D eigenvalue weighted by molar-refractivity contribution is 4.99.